The number of methoxy groups -OCH3 is 2. The molecule has 0 aliphatic carbocycles. The number of ether oxygens (including phenoxy) is 3. The Bertz CT molecular complexity index is 1110. The number of amides is 1. The van der Waals surface area contributed by atoms with Crippen LogP contribution in [0, 0.1) is 0 Å². The predicted molar refractivity (Wildman–Crippen MR) is 133 cm³/mol. The van der Waals surface area contributed by atoms with Gasteiger partial charge in [-0.25, -0.2) is 0 Å². The van der Waals surface area contributed by atoms with E-state index in [2.05, 4.69) is 12.2 Å². The van der Waals surface area contributed by atoms with Gasteiger partial charge in [-0.1, -0.05) is 44.4 Å². The molecule has 0 heterocycles. The normalized spacial score (nSPS) is 10.4. The van der Waals surface area contributed by atoms with E-state index >= 15 is 0 Å². The minimum Gasteiger partial charge on any atom is -0.497 e. The summed E-state index contributed by atoms with van der Waals surface area (Å²) in [5.74, 6) is 1.26. The molecule has 3 aromatic rings. The second-order valence-corrected chi connectivity index (χ2v) is 7.86. The van der Waals surface area contributed by atoms with Crippen LogP contribution in [0.4, 0.5) is 5.69 Å². The van der Waals surface area contributed by atoms with Crippen molar-refractivity contribution in [2.24, 2.45) is 0 Å². The number of unbranched alkanes of at least 4 members (excludes halogenated alkanes) is 3. The summed E-state index contributed by atoms with van der Waals surface area (Å²) in [6, 6.07) is 18.9. The topological polar surface area (TPSA) is 73.9 Å². The lowest BCUT2D eigenvalue weighted by molar-refractivity contribution is 0.101. The highest BCUT2D eigenvalue weighted by molar-refractivity contribution is 6.11. The van der Waals surface area contributed by atoms with Crippen LogP contribution in [-0.2, 0) is 0 Å². The summed E-state index contributed by atoms with van der Waals surface area (Å²) in [7, 11) is 3.05. The zero-order valence-corrected chi connectivity index (χ0v) is 19.9. The maximum atomic E-state index is 13.0. The molecule has 1 amide bonds. The third kappa shape index (κ3) is 6.61. The molecule has 34 heavy (non-hydrogen) atoms. The Balaban J connectivity index is 1.65. The van der Waals surface area contributed by atoms with Crippen LogP contribution in [0.1, 0.15) is 58.9 Å². The number of rotatable bonds is 12. The second kappa shape index (κ2) is 12.4. The van der Waals surface area contributed by atoms with E-state index in [-0.39, 0.29) is 11.7 Å². The summed E-state index contributed by atoms with van der Waals surface area (Å²) in [6.45, 7) is 2.83. The fraction of sp³-hybridized carbons (Fsp3) is 0.286. The van der Waals surface area contributed by atoms with Crippen molar-refractivity contribution in [2.75, 3.05) is 26.1 Å². The van der Waals surface area contributed by atoms with Gasteiger partial charge in [0.1, 0.15) is 17.2 Å². The van der Waals surface area contributed by atoms with Crippen molar-refractivity contribution in [3.05, 3.63) is 83.4 Å². The molecule has 0 bridgehead atoms. The molecule has 0 aromatic heterocycles. The van der Waals surface area contributed by atoms with Crippen molar-refractivity contribution in [2.45, 2.75) is 32.6 Å². The molecule has 0 unspecified atom stereocenters. The molecule has 0 saturated carbocycles. The van der Waals surface area contributed by atoms with Gasteiger partial charge in [0.2, 0.25) is 0 Å². The number of anilines is 1. The Morgan fingerprint density at radius 2 is 1.56 bits per heavy atom. The van der Waals surface area contributed by atoms with E-state index in [4.69, 9.17) is 14.2 Å². The monoisotopic (exact) mass is 461 g/mol. The summed E-state index contributed by atoms with van der Waals surface area (Å²) >= 11 is 0. The number of hydrogen-bond donors (Lipinski definition) is 1. The molecule has 3 rings (SSSR count). The first kappa shape index (κ1) is 24.8. The van der Waals surface area contributed by atoms with E-state index in [0.717, 1.165) is 18.6 Å². The largest absolute Gasteiger partial charge is 0.497 e. The molecule has 0 spiro atoms. The van der Waals surface area contributed by atoms with Crippen molar-refractivity contribution in [3.8, 4) is 17.2 Å². The second-order valence-electron chi connectivity index (χ2n) is 7.86. The standard InChI is InChI=1S/C28H31NO5/c1-4-5-6-7-17-34-24-10-8-9-22(18-24)29-28(31)21-13-11-20(12-14-21)27(30)25-19-23(32-2)15-16-26(25)33-3/h8-16,18-19H,4-7,17H2,1-3H3,(H,29,31). The average Bonchev–Trinajstić information content (AvgIpc) is 2.88. The maximum Gasteiger partial charge on any atom is 0.255 e. The van der Waals surface area contributed by atoms with Gasteiger partial charge in [0, 0.05) is 22.9 Å². The van der Waals surface area contributed by atoms with Gasteiger partial charge in [-0.05, 0) is 48.9 Å². The Morgan fingerprint density at radius 3 is 2.26 bits per heavy atom. The van der Waals surface area contributed by atoms with Crippen molar-refractivity contribution >= 4 is 17.4 Å². The Kier molecular flexibility index (Phi) is 9.09. The minimum absolute atomic E-state index is 0.216. The highest BCUT2D eigenvalue weighted by atomic mass is 16.5. The minimum atomic E-state index is -0.266. The molecule has 1 N–H and O–H groups in total. The van der Waals surface area contributed by atoms with Gasteiger partial charge in [-0.15, -0.1) is 0 Å². The predicted octanol–water partition coefficient (Wildman–Crippen LogP) is 6.15. The molecule has 6 heteroatoms. The number of hydrogen-bond acceptors (Lipinski definition) is 5. The number of nitrogens with one attached hydrogen (secondary N) is 1. The lowest BCUT2D eigenvalue weighted by Gasteiger charge is -2.11. The van der Waals surface area contributed by atoms with E-state index in [1.165, 1.54) is 20.0 Å². The molecule has 0 aliphatic rings. The molecule has 0 radical (unpaired) electrons. The van der Waals surface area contributed by atoms with Crippen LogP contribution in [0.15, 0.2) is 66.7 Å². The quantitative estimate of drug-likeness (QED) is 0.259. The molecule has 0 aliphatic heterocycles. The first-order valence-corrected chi connectivity index (χ1v) is 11.5. The van der Waals surface area contributed by atoms with Crippen LogP contribution >= 0.6 is 0 Å². The van der Waals surface area contributed by atoms with Crippen LogP contribution in [0.25, 0.3) is 0 Å². The molecule has 3 aromatic carbocycles. The Morgan fingerprint density at radius 1 is 0.794 bits per heavy atom. The van der Waals surface area contributed by atoms with Crippen LogP contribution in [0.2, 0.25) is 0 Å². The number of benzene rings is 3. The highest BCUT2D eigenvalue weighted by Gasteiger charge is 2.16. The zero-order chi connectivity index (χ0) is 24.3. The number of ketones is 1. The summed E-state index contributed by atoms with van der Waals surface area (Å²) in [6.07, 6.45) is 4.55. The van der Waals surface area contributed by atoms with E-state index in [0.29, 0.717) is 40.5 Å². The summed E-state index contributed by atoms with van der Waals surface area (Å²) in [5.41, 5.74) is 1.93. The highest BCUT2D eigenvalue weighted by Crippen LogP contribution is 2.26. The van der Waals surface area contributed by atoms with Gasteiger partial charge in [0.05, 0.1) is 26.4 Å². The molecule has 0 atom stereocenters. The number of carbonyl (C=O) groups is 2. The van der Waals surface area contributed by atoms with Crippen molar-refractivity contribution in [1.82, 2.24) is 0 Å². The van der Waals surface area contributed by atoms with Crippen molar-refractivity contribution < 1.29 is 23.8 Å². The van der Waals surface area contributed by atoms with Crippen LogP contribution < -0.4 is 19.5 Å². The lowest BCUT2D eigenvalue weighted by atomic mass is 10.0. The van der Waals surface area contributed by atoms with Crippen molar-refractivity contribution in [1.29, 1.82) is 0 Å². The van der Waals surface area contributed by atoms with Gasteiger partial charge in [0.25, 0.3) is 5.91 Å². The Hall–Kier alpha value is -3.80. The molecule has 0 fully saturated rings. The molecular weight excluding hydrogens is 430 g/mol. The molecule has 0 saturated heterocycles. The molecule has 178 valence electrons. The maximum absolute atomic E-state index is 13.0. The average molecular weight is 462 g/mol. The first-order chi connectivity index (χ1) is 16.5. The zero-order valence-electron chi connectivity index (χ0n) is 19.9. The SMILES string of the molecule is CCCCCCOc1cccc(NC(=O)c2ccc(C(=O)c3cc(OC)ccc3OC)cc2)c1. The number of carbonyl (C=O) groups excluding carboxylic acids is 2. The van der Waals surface area contributed by atoms with Gasteiger partial charge >= 0.3 is 0 Å². The van der Waals surface area contributed by atoms with E-state index in [9.17, 15) is 9.59 Å². The van der Waals surface area contributed by atoms with E-state index < -0.39 is 0 Å². The molecule has 6 nitrogen and oxygen atoms in total. The fourth-order valence-corrected chi connectivity index (χ4v) is 3.51. The molecular formula is C28H31NO5. The summed E-state index contributed by atoms with van der Waals surface area (Å²) < 4.78 is 16.3. The van der Waals surface area contributed by atoms with Crippen LogP contribution in [-0.4, -0.2) is 32.5 Å². The van der Waals surface area contributed by atoms with Crippen molar-refractivity contribution in [3.63, 3.8) is 0 Å². The Labute approximate surface area is 200 Å². The summed E-state index contributed by atoms with van der Waals surface area (Å²) in [4.78, 5) is 25.7. The lowest BCUT2D eigenvalue weighted by Crippen LogP contribution is -2.12. The van der Waals surface area contributed by atoms with Gasteiger partial charge in [-0.2, -0.15) is 0 Å². The summed E-state index contributed by atoms with van der Waals surface area (Å²) in [5, 5.41) is 2.88. The smallest absolute Gasteiger partial charge is 0.255 e. The third-order valence-corrected chi connectivity index (χ3v) is 5.42. The van der Waals surface area contributed by atoms with Gasteiger partial charge in [0.15, 0.2) is 5.78 Å². The van der Waals surface area contributed by atoms with Gasteiger partial charge < -0.3 is 19.5 Å². The van der Waals surface area contributed by atoms with E-state index in [1.54, 1.807) is 49.6 Å². The van der Waals surface area contributed by atoms with E-state index in [1.807, 2.05) is 24.3 Å². The van der Waals surface area contributed by atoms with Crippen LogP contribution in [0.5, 0.6) is 17.2 Å². The fourth-order valence-electron chi connectivity index (χ4n) is 3.51. The van der Waals surface area contributed by atoms with Gasteiger partial charge in [-0.3, -0.25) is 9.59 Å². The third-order valence-electron chi connectivity index (χ3n) is 5.42. The first-order valence-electron chi connectivity index (χ1n) is 11.5. The van der Waals surface area contributed by atoms with Crippen LogP contribution in [0.3, 0.4) is 0 Å².